The average molecular weight is 670 g/mol. The van der Waals surface area contributed by atoms with E-state index in [0.29, 0.717) is 27.0 Å². The van der Waals surface area contributed by atoms with Crippen molar-refractivity contribution in [1.29, 1.82) is 0 Å². The highest BCUT2D eigenvalue weighted by atomic mass is 32.2. The summed E-state index contributed by atoms with van der Waals surface area (Å²) in [7, 11) is 0. The average Bonchev–Trinajstić information content (AvgIpc) is 3.41. The third-order valence-electron chi connectivity index (χ3n) is 5.81. The zero-order chi connectivity index (χ0) is 31.3. The monoisotopic (exact) mass is 669 g/mol. The van der Waals surface area contributed by atoms with Crippen molar-refractivity contribution in [1.82, 2.24) is 29.9 Å². The smallest absolute Gasteiger partial charge is 0.353 e. The number of carboxylic acid groups (broad SMARTS) is 2. The predicted molar refractivity (Wildman–Crippen MR) is 157 cm³/mol. The van der Waals surface area contributed by atoms with Gasteiger partial charge in [-0.05, 0) is 12.1 Å². The number of nitrogens with two attached hydrogens (primary N) is 2. The van der Waals surface area contributed by atoms with Gasteiger partial charge in [0.05, 0.1) is 5.69 Å². The first-order valence-electron chi connectivity index (χ1n) is 12.0. The van der Waals surface area contributed by atoms with Gasteiger partial charge in [0.15, 0.2) is 11.2 Å². The van der Waals surface area contributed by atoms with Gasteiger partial charge in [-0.15, -0.1) is 11.8 Å². The summed E-state index contributed by atoms with van der Waals surface area (Å²) < 4.78 is 3.82. The first-order chi connectivity index (χ1) is 20.5. The number of amides is 3. The maximum absolute atomic E-state index is 13.0. The van der Waals surface area contributed by atoms with E-state index in [2.05, 4.69) is 30.1 Å². The van der Waals surface area contributed by atoms with Crippen molar-refractivity contribution in [3.63, 3.8) is 0 Å². The van der Waals surface area contributed by atoms with E-state index < -0.39 is 52.8 Å². The van der Waals surface area contributed by atoms with Crippen LogP contribution in [0, 0.1) is 0 Å². The fraction of sp³-hybridized carbons (Fsp3) is 0.318. The molecule has 4 rings (SSSR count). The van der Waals surface area contributed by atoms with E-state index in [4.69, 9.17) is 16.6 Å². The zero-order valence-electron chi connectivity index (χ0n) is 21.7. The molecule has 1 fully saturated rings. The molecule has 0 spiro atoms. The predicted octanol–water partition coefficient (Wildman–Crippen LogP) is -1.06. The number of fused-ring (bicyclic) bond motifs is 1. The lowest BCUT2D eigenvalue weighted by Crippen LogP contribution is -2.71. The summed E-state index contributed by atoms with van der Waals surface area (Å²) in [6.07, 6.45) is 1.58. The van der Waals surface area contributed by atoms with E-state index in [1.807, 2.05) is 0 Å². The van der Waals surface area contributed by atoms with Crippen molar-refractivity contribution < 1.29 is 39.4 Å². The summed E-state index contributed by atoms with van der Waals surface area (Å²) in [5.41, 5.74) is 10.7. The molecule has 1 unspecified atom stereocenters. The Bertz CT molecular complexity index is 1520. The highest BCUT2D eigenvalue weighted by molar-refractivity contribution is 8.06. The van der Waals surface area contributed by atoms with E-state index in [0.717, 1.165) is 28.2 Å². The maximum atomic E-state index is 13.0. The molecule has 0 saturated carbocycles. The van der Waals surface area contributed by atoms with Gasteiger partial charge in [-0.3, -0.25) is 24.3 Å². The topological polar surface area (TPSA) is 276 Å². The second-order valence-corrected chi connectivity index (χ2v) is 12.7. The van der Waals surface area contributed by atoms with Crippen molar-refractivity contribution in [3.8, 4) is 0 Å². The number of rotatable bonds is 13. The minimum Gasteiger partial charge on any atom is -0.480 e. The molecule has 43 heavy (non-hydrogen) atoms. The largest absolute Gasteiger partial charge is 0.480 e. The number of pyridine rings is 1. The maximum Gasteiger partial charge on any atom is 0.353 e. The summed E-state index contributed by atoms with van der Waals surface area (Å²) in [5, 5.41) is 35.2. The first-order valence-corrected chi connectivity index (χ1v) is 15.8. The normalized spacial score (nSPS) is 18.9. The molecular formula is C22H23N9O8S4. The van der Waals surface area contributed by atoms with Gasteiger partial charge in [-0.2, -0.15) is 21.1 Å². The van der Waals surface area contributed by atoms with E-state index in [-0.39, 0.29) is 29.0 Å². The van der Waals surface area contributed by atoms with Gasteiger partial charge in [-0.1, -0.05) is 16.9 Å². The summed E-state index contributed by atoms with van der Waals surface area (Å²) in [4.78, 5) is 70.8. The first kappa shape index (κ1) is 32.0. The number of β-lactam (4-membered cyclic amide) rings is 1. The Balaban J connectivity index is 1.40. The number of carboxylic acids is 2. The van der Waals surface area contributed by atoms with Crippen molar-refractivity contribution in [2.45, 2.75) is 28.1 Å². The molecule has 0 aromatic carbocycles. The van der Waals surface area contributed by atoms with Crippen LogP contribution in [-0.2, 0) is 29.7 Å². The van der Waals surface area contributed by atoms with Crippen molar-refractivity contribution >= 4 is 87.3 Å². The number of hydrogen-bond donors (Lipinski definition) is 7. The zero-order valence-corrected chi connectivity index (χ0v) is 25.0. The van der Waals surface area contributed by atoms with Crippen LogP contribution in [0.25, 0.3) is 0 Å². The number of anilines is 1. The van der Waals surface area contributed by atoms with Crippen molar-refractivity contribution in [2.24, 2.45) is 10.9 Å². The Morgan fingerprint density at radius 1 is 1.28 bits per heavy atom. The standard InChI is InChI=1S/C22H23N9O8S4/c23-11(20(35)36)16(32)26-4-5-40-6-8-9(2-1-3-25-8)42-10-7-41-19-13(18(34)31(19)14(10)21(37)38)27-17(33)12(29-39)15-28-22(24)43-30-15/h1-3,11,13,19,39H,4-7,23H2,(H,26,32)(H,27,33)(H,35,36)(H,37,38)(H2,24,28,30)/b29-12-/t11?,13-,19-/m1/s1. The molecule has 3 atom stereocenters. The Morgan fingerprint density at radius 2 is 2.05 bits per heavy atom. The number of oxime groups is 1. The minimum atomic E-state index is -1.65. The molecule has 3 amide bonds. The fourth-order valence-corrected chi connectivity index (χ4v) is 7.71. The minimum absolute atomic E-state index is 0.0426. The van der Waals surface area contributed by atoms with Gasteiger partial charge < -0.3 is 37.5 Å². The molecule has 4 heterocycles. The van der Waals surface area contributed by atoms with Crippen LogP contribution in [0.15, 0.2) is 39.0 Å². The molecule has 0 aliphatic carbocycles. The summed E-state index contributed by atoms with van der Waals surface area (Å²) >= 11 is 4.61. The summed E-state index contributed by atoms with van der Waals surface area (Å²) in [6, 6.07) is 0.725. The van der Waals surface area contributed by atoms with Gasteiger partial charge in [0.25, 0.3) is 11.8 Å². The number of carbonyl (C=O) groups is 5. The number of carbonyl (C=O) groups excluding carboxylic acids is 3. The highest BCUT2D eigenvalue weighted by Crippen LogP contribution is 2.45. The number of nitrogens with zero attached hydrogens (tertiary/aromatic N) is 5. The molecule has 0 bridgehead atoms. The second kappa shape index (κ2) is 14.0. The Hall–Kier alpha value is -3.92. The number of nitrogens with one attached hydrogen (secondary N) is 2. The van der Waals surface area contributed by atoms with Gasteiger partial charge in [0, 0.05) is 51.3 Å². The number of aromatic nitrogens is 3. The molecule has 2 aliphatic rings. The lowest BCUT2D eigenvalue weighted by atomic mass is 10.0. The van der Waals surface area contributed by atoms with E-state index in [1.165, 1.54) is 23.5 Å². The lowest BCUT2D eigenvalue weighted by molar-refractivity contribution is -0.150. The molecule has 17 nitrogen and oxygen atoms in total. The fourth-order valence-electron chi connectivity index (χ4n) is 3.80. The molecule has 9 N–H and O–H groups in total. The Morgan fingerprint density at radius 3 is 2.70 bits per heavy atom. The molecule has 2 aliphatic heterocycles. The number of thioether (sulfide) groups is 3. The summed E-state index contributed by atoms with van der Waals surface area (Å²) in [6.45, 7) is 0.181. The van der Waals surface area contributed by atoms with Gasteiger partial charge in [-0.25, -0.2) is 9.59 Å². The third kappa shape index (κ3) is 7.18. The molecule has 228 valence electrons. The van der Waals surface area contributed by atoms with Crippen LogP contribution in [0.4, 0.5) is 5.13 Å². The van der Waals surface area contributed by atoms with Crippen molar-refractivity contribution in [3.05, 3.63) is 40.5 Å². The molecule has 2 aromatic rings. The summed E-state index contributed by atoms with van der Waals surface area (Å²) in [5.74, 6) is -4.29. The van der Waals surface area contributed by atoms with Crippen LogP contribution in [0.2, 0.25) is 0 Å². The van der Waals surface area contributed by atoms with E-state index >= 15 is 0 Å². The molecule has 2 aromatic heterocycles. The van der Waals surface area contributed by atoms with E-state index in [1.54, 1.807) is 18.3 Å². The molecular weight excluding hydrogens is 647 g/mol. The van der Waals surface area contributed by atoms with Gasteiger partial charge in [0.1, 0.15) is 17.1 Å². The third-order valence-corrected chi connectivity index (χ3v) is 9.96. The lowest BCUT2D eigenvalue weighted by Gasteiger charge is -2.49. The van der Waals surface area contributed by atoms with Crippen LogP contribution in [0.5, 0.6) is 0 Å². The number of aliphatic carboxylic acids is 2. The highest BCUT2D eigenvalue weighted by Gasteiger charge is 2.54. The SMILES string of the molecule is Nc1nc(/C(=N/O)C(=O)N[C@@H]2C(=O)N3C(C(=O)O)=C(Sc4cccnc4CSCCNC(=O)C(N)C(=O)O)CS[C@H]23)ns1. The van der Waals surface area contributed by atoms with E-state index in [9.17, 15) is 34.3 Å². The molecule has 21 heteroatoms. The van der Waals surface area contributed by atoms with Crippen LogP contribution in [-0.4, -0.2) is 106 Å². The Labute approximate surface area is 259 Å². The van der Waals surface area contributed by atoms with Gasteiger partial charge >= 0.3 is 11.9 Å². The number of nitrogen functional groups attached to an aromatic ring is 1. The Kier molecular flexibility index (Phi) is 10.4. The number of hydrogen-bond acceptors (Lipinski definition) is 16. The van der Waals surface area contributed by atoms with Crippen LogP contribution in [0.3, 0.4) is 0 Å². The van der Waals surface area contributed by atoms with Gasteiger partial charge in [0.2, 0.25) is 17.4 Å². The van der Waals surface area contributed by atoms with Crippen LogP contribution in [0.1, 0.15) is 11.5 Å². The quantitative estimate of drug-likeness (QED) is 0.0334. The van der Waals surface area contributed by atoms with Crippen LogP contribution >= 0.6 is 46.8 Å². The van der Waals surface area contributed by atoms with Crippen LogP contribution < -0.4 is 22.1 Å². The molecule has 1 saturated heterocycles. The second-order valence-electron chi connectivity index (χ2n) is 8.55. The molecule has 0 radical (unpaired) electrons. The van der Waals surface area contributed by atoms with Crippen molar-refractivity contribution in [2.75, 3.05) is 23.8 Å².